The summed E-state index contributed by atoms with van der Waals surface area (Å²) in [5.41, 5.74) is -0.292. The molecule has 7 heteroatoms. The van der Waals surface area contributed by atoms with Crippen molar-refractivity contribution in [1.29, 1.82) is 0 Å². The lowest BCUT2D eigenvalue weighted by molar-refractivity contribution is -0.122. The predicted molar refractivity (Wildman–Crippen MR) is 85.0 cm³/mol. The number of hydrogen-bond acceptors (Lipinski definition) is 5. The van der Waals surface area contributed by atoms with Crippen LogP contribution in [0, 0.1) is 13.8 Å². The first-order valence-corrected chi connectivity index (χ1v) is 8.21. The average Bonchev–Trinajstić information content (AvgIpc) is 3.02. The van der Waals surface area contributed by atoms with Gasteiger partial charge in [-0.05, 0) is 32.2 Å². The Morgan fingerprint density at radius 3 is 2.71 bits per heavy atom. The van der Waals surface area contributed by atoms with Crippen LogP contribution in [0.2, 0.25) is 0 Å². The zero-order valence-electron chi connectivity index (χ0n) is 12.2. The minimum absolute atomic E-state index is 0.0183. The fourth-order valence-corrected chi connectivity index (χ4v) is 3.53. The quantitative estimate of drug-likeness (QED) is 0.877. The number of thiophene rings is 1. The van der Waals surface area contributed by atoms with E-state index in [2.05, 4.69) is 5.32 Å². The minimum atomic E-state index is -1.10. The Morgan fingerprint density at radius 2 is 2.19 bits per heavy atom. The summed E-state index contributed by atoms with van der Waals surface area (Å²) in [7, 11) is 0. The molecule has 2 aromatic rings. The van der Waals surface area contributed by atoms with Gasteiger partial charge in [-0.25, -0.2) is 0 Å². The van der Waals surface area contributed by atoms with Crippen LogP contribution in [0.5, 0.6) is 0 Å². The molecule has 0 saturated heterocycles. The van der Waals surface area contributed by atoms with Gasteiger partial charge >= 0.3 is 4.87 Å². The molecule has 0 spiro atoms. The van der Waals surface area contributed by atoms with Gasteiger partial charge in [-0.3, -0.25) is 14.2 Å². The third kappa shape index (κ3) is 3.61. The van der Waals surface area contributed by atoms with Gasteiger partial charge < -0.3 is 10.4 Å². The first kappa shape index (κ1) is 15.9. The van der Waals surface area contributed by atoms with Crippen LogP contribution in [0.25, 0.3) is 0 Å². The maximum Gasteiger partial charge on any atom is 0.308 e. The molecule has 0 bridgehead atoms. The van der Waals surface area contributed by atoms with E-state index >= 15 is 0 Å². The van der Waals surface area contributed by atoms with Crippen molar-refractivity contribution < 1.29 is 9.90 Å². The largest absolute Gasteiger partial charge is 0.383 e. The molecule has 5 nitrogen and oxygen atoms in total. The number of thiazole rings is 1. The second kappa shape index (κ2) is 6.13. The molecule has 21 heavy (non-hydrogen) atoms. The number of aromatic nitrogens is 1. The molecule has 0 saturated carbocycles. The molecule has 0 aliphatic carbocycles. The summed E-state index contributed by atoms with van der Waals surface area (Å²) < 4.78 is 1.45. The molecule has 0 fully saturated rings. The summed E-state index contributed by atoms with van der Waals surface area (Å²) in [5.74, 6) is -0.283. The van der Waals surface area contributed by atoms with Crippen molar-refractivity contribution in [2.45, 2.75) is 32.9 Å². The first-order chi connectivity index (χ1) is 9.81. The van der Waals surface area contributed by atoms with Gasteiger partial charge in [0, 0.05) is 15.4 Å². The predicted octanol–water partition coefficient (Wildman–Crippen LogP) is 1.61. The van der Waals surface area contributed by atoms with E-state index in [0.29, 0.717) is 0 Å². The highest BCUT2D eigenvalue weighted by Crippen LogP contribution is 2.24. The Bertz CT molecular complexity index is 684. The van der Waals surface area contributed by atoms with Crippen LogP contribution >= 0.6 is 22.7 Å². The second-order valence-electron chi connectivity index (χ2n) is 5.12. The number of amides is 1. The summed E-state index contributed by atoms with van der Waals surface area (Å²) in [6.07, 6.45) is 0. The van der Waals surface area contributed by atoms with Crippen molar-refractivity contribution in [3.8, 4) is 0 Å². The lowest BCUT2D eigenvalue weighted by Gasteiger charge is -2.22. The number of rotatable bonds is 5. The van der Waals surface area contributed by atoms with Crippen molar-refractivity contribution in [3.05, 3.63) is 42.6 Å². The molecule has 0 aliphatic rings. The maximum atomic E-state index is 12.0. The van der Waals surface area contributed by atoms with E-state index in [4.69, 9.17) is 0 Å². The molecule has 2 heterocycles. The summed E-state index contributed by atoms with van der Waals surface area (Å²) in [5, 5.41) is 14.9. The van der Waals surface area contributed by atoms with E-state index < -0.39 is 5.60 Å². The lowest BCUT2D eigenvalue weighted by atomic mass is 10.1. The molecule has 0 aliphatic heterocycles. The molecular weight excluding hydrogens is 308 g/mol. The first-order valence-electron chi connectivity index (χ1n) is 6.51. The molecular formula is C14H18N2O3S2. The Labute approximate surface area is 130 Å². The number of nitrogens with one attached hydrogen (secondary N) is 1. The van der Waals surface area contributed by atoms with Crippen LogP contribution in [0.4, 0.5) is 0 Å². The Balaban J connectivity index is 1.98. The zero-order chi connectivity index (χ0) is 15.6. The molecule has 0 radical (unpaired) electrons. The van der Waals surface area contributed by atoms with Crippen molar-refractivity contribution in [2.75, 3.05) is 6.54 Å². The van der Waals surface area contributed by atoms with Crippen LogP contribution in [0.15, 0.2) is 22.3 Å². The SMILES string of the molecule is Cc1sc(=O)n(CC(=O)NCC(C)(O)c2cccs2)c1C. The number of carbonyl (C=O) groups is 1. The van der Waals surface area contributed by atoms with E-state index in [9.17, 15) is 14.7 Å². The highest BCUT2D eigenvalue weighted by atomic mass is 32.1. The second-order valence-corrected chi connectivity index (χ2v) is 7.24. The van der Waals surface area contributed by atoms with E-state index in [1.54, 1.807) is 6.92 Å². The number of nitrogens with zero attached hydrogens (tertiary/aromatic N) is 1. The van der Waals surface area contributed by atoms with Crippen molar-refractivity contribution in [1.82, 2.24) is 9.88 Å². The molecule has 2 N–H and O–H groups in total. The molecule has 2 aromatic heterocycles. The van der Waals surface area contributed by atoms with Gasteiger partial charge in [-0.2, -0.15) is 0 Å². The fourth-order valence-electron chi connectivity index (χ4n) is 1.91. The zero-order valence-corrected chi connectivity index (χ0v) is 13.8. The summed E-state index contributed by atoms with van der Waals surface area (Å²) in [6.45, 7) is 5.43. The smallest absolute Gasteiger partial charge is 0.308 e. The Hall–Kier alpha value is -1.44. The van der Waals surface area contributed by atoms with E-state index in [0.717, 1.165) is 26.8 Å². The third-order valence-electron chi connectivity index (χ3n) is 3.36. The average molecular weight is 326 g/mol. The summed E-state index contributed by atoms with van der Waals surface area (Å²) in [4.78, 5) is 25.3. The highest BCUT2D eigenvalue weighted by molar-refractivity contribution is 7.10. The lowest BCUT2D eigenvalue weighted by Crippen LogP contribution is -2.40. The van der Waals surface area contributed by atoms with E-state index in [-0.39, 0.29) is 23.9 Å². The molecule has 1 unspecified atom stereocenters. The van der Waals surface area contributed by atoms with Gasteiger partial charge in [0.05, 0.1) is 6.54 Å². The number of hydrogen-bond donors (Lipinski definition) is 2. The standard InChI is InChI=1S/C14H18N2O3S2/c1-9-10(2)21-13(18)16(9)7-12(17)15-8-14(3,19)11-5-4-6-20-11/h4-6,19H,7-8H2,1-3H3,(H,15,17). The van der Waals surface area contributed by atoms with Gasteiger partial charge in [-0.15, -0.1) is 11.3 Å². The van der Waals surface area contributed by atoms with Crippen LogP contribution < -0.4 is 10.2 Å². The maximum absolute atomic E-state index is 12.0. The fraction of sp³-hybridized carbons (Fsp3) is 0.429. The van der Waals surface area contributed by atoms with E-state index in [1.807, 2.05) is 31.4 Å². The Morgan fingerprint density at radius 1 is 1.48 bits per heavy atom. The topological polar surface area (TPSA) is 71.3 Å². The Kier molecular flexibility index (Phi) is 4.65. The molecule has 2 rings (SSSR count). The normalized spacial score (nSPS) is 13.9. The van der Waals surface area contributed by atoms with Crippen LogP contribution in [-0.2, 0) is 16.9 Å². The van der Waals surface area contributed by atoms with Gasteiger partial charge in [0.15, 0.2) is 0 Å². The molecule has 114 valence electrons. The van der Waals surface area contributed by atoms with Crippen molar-refractivity contribution >= 4 is 28.6 Å². The van der Waals surface area contributed by atoms with Gasteiger partial charge in [0.2, 0.25) is 5.91 Å². The molecule has 0 aromatic carbocycles. The minimum Gasteiger partial charge on any atom is -0.383 e. The van der Waals surface area contributed by atoms with Crippen LogP contribution in [0.1, 0.15) is 22.4 Å². The monoisotopic (exact) mass is 326 g/mol. The van der Waals surface area contributed by atoms with E-state index in [1.165, 1.54) is 15.9 Å². The number of aryl methyl sites for hydroxylation is 1. The van der Waals surface area contributed by atoms with Crippen molar-refractivity contribution in [3.63, 3.8) is 0 Å². The van der Waals surface area contributed by atoms with Gasteiger partial charge in [0.1, 0.15) is 12.1 Å². The summed E-state index contributed by atoms with van der Waals surface area (Å²) in [6, 6.07) is 3.68. The highest BCUT2D eigenvalue weighted by Gasteiger charge is 2.25. The van der Waals surface area contributed by atoms with Crippen molar-refractivity contribution in [2.24, 2.45) is 0 Å². The molecule has 1 atom stereocenters. The van der Waals surface area contributed by atoms with Crippen LogP contribution in [0.3, 0.4) is 0 Å². The summed E-state index contributed by atoms with van der Waals surface area (Å²) >= 11 is 2.58. The number of aliphatic hydroxyl groups is 1. The third-order valence-corrected chi connectivity index (χ3v) is 5.48. The molecule has 1 amide bonds. The van der Waals surface area contributed by atoms with Gasteiger partial charge in [0.25, 0.3) is 0 Å². The van der Waals surface area contributed by atoms with Gasteiger partial charge in [-0.1, -0.05) is 17.4 Å². The number of carbonyl (C=O) groups excluding carboxylic acids is 1. The van der Waals surface area contributed by atoms with Crippen LogP contribution in [-0.4, -0.2) is 22.1 Å².